The molecule has 1 fully saturated rings. The van der Waals surface area contributed by atoms with Crippen LogP contribution in [0.15, 0.2) is 30.7 Å². The van der Waals surface area contributed by atoms with E-state index in [0.717, 1.165) is 18.5 Å². The topological polar surface area (TPSA) is 105 Å². The van der Waals surface area contributed by atoms with Gasteiger partial charge in [0.05, 0.1) is 11.9 Å². The molecule has 1 saturated heterocycles. The number of phenolic OH excluding ortho intramolecular Hbond substituents is 1. The maximum absolute atomic E-state index is 10.5. The summed E-state index contributed by atoms with van der Waals surface area (Å²) in [5.41, 5.74) is 1.87. The Balaban J connectivity index is 1.54. The highest BCUT2D eigenvalue weighted by atomic mass is 16.3. The highest BCUT2D eigenvalue weighted by Gasteiger charge is 2.39. The van der Waals surface area contributed by atoms with Crippen molar-refractivity contribution in [1.29, 1.82) is 0 Å². The van der Waals surface area contributed by atoms with Crippen LogP contribution in [0.4, 0.5) is 5.95 Å². The largest absolute Gasteiger partial charge is 0.507 e. The molecule has 0 bridgehead atoms. The molecule has 9 nitrogen and oxygen atoms in total. The summed E-state index contributed by atoms with van der Waals surface area (Å²) in [5, 5.41) is 27.2. The fourth-order valence-electron chi connectivity index (χ4n) is 4.61. The Kier molecular flexibility index (Phi) is 5.17. The first-order chi connectivity index (χ1) is 14.5. The molecular weight excluding hydrogens is 392 g/mol. The minimum Gasteiger partial charge on any atom is -0.507 e. The van der Waals surface area contributed by atoms with Gasteiger partial charge in [0.1, 0.15) is 23.6 Å². The fourth-order valence-corrected chi connectivity index (χ4v) is 4.61. The number of rotatable bonds is 4. The van der Waals surface area contributed by atoms with Crippen molar-refractivity contribution in [3.8, 4) is 22.7 Å². The molecule has 1 aromatic carbocycles. The molecule has 2 aromatic heterocycles. The zero-order valence-corrected chi connectivity index (χ0v) is 19.0. The lowest BCUT2D eigenvalue weighted by Crippen LogP contribution is -2.62. The first-order valence-corrected chi connectivity index (χ1v) is 10.5. The van der Waals surface area contributed by atoms with Crippen LogP contribution >= 0.6 is 0 Å². The fraction of sp³-hybridized carbons (Fsp3) is 0.500. The van der Waals surface area contributed by atoms with Gasteiger partial charge in [-0.15, -0.1) is 10.2 Å². The van der Waals surface area contributed by atoms with Crippen molar-refractivity contribution in [2.75, 3.05) is 11.9 Å². The predicted octanol–water partition coefficient (Wildman–Crippen LogP) is 2.88. The highest BCUT2D eigenvalue weighted by molar-refractivity contribution is 5.68. The van der Waals surface area contributed by atoms with Crippen LogP contribution in [0.1, 0.15) is 46.4 Å². The van der Waals surface area contributed by atoms with E-state index >= 15 is 0 Å². The monoisotopic (exact) mass is 422 g/mol. The standard InChI is InChI=1S/C22H30N8O/c1-14-24-13-30(27-14)15-7-8-17(19(31)9-15)18-12-23-20(26-25-18)29(6)16-10-21(2,3)28-22(4,5)11-16/h7-9,12-13,16,28,31H,10-11H2,1-6H3. The molecule has 0 aliphatic carbocycles. The number of aromatic nitrogens is 6. The van der Waals surface area contributed by atoms with Gasteiger partial charge in [-0.3, -0.25) is 0 Å². The van der Waals surface area contributed by atoms with E-state index in [1.54, 1.807) is 29.3 Å². The van der Waals surface area contributed by atoms with Crippen molar-refractivity contribution in [2.45, 2.75) is 64.6 Å². The third-order valence-corrected chi connectivity index (χ3v) is 5.71. The van der Waals surface area contributed by atoms with E-state index in [-0.39, 0.29) is 16.8 Å². The van der Waals surface area contributed by atoms with Crippen molar-refractivity contribution >= 4 is 5.95 Å². The van der Waals surface area contributed by atoms with Gasteiger partial charge in [-0.25, -0.2) is 14.6 Å². The first-order valence-electron chi connectivity index (χ1n) is 10.5. The van der Waals surface area contributed by atoms with E-state index < -0.39 is 0 Å². The van der Waals surface area contributed by atoms with E-state index in [1.165, 1.54) is 0 Å². The number of piperidine rings is 1. The molecule has 1 aliphatic heterocycles. The van der Waals surface area contributed by atoms with Crippen molar-refractivity contribution in [3.63, 3.8) is 0 Å². The molecule has 9 heteroatoms. The smallest absolute Gasteiger partial charge is 0.245 e. The normalized spacial score (nSPS) is 18.1. The van der Waals surface area contributed by atoms with Crippen LogP contribution in [0.3, 0.4) is 0 Å². The number of phenols is 1. The SMILES string of the molecule is Cc1ncn(-c2ccc(-c3cnc(N(C)C4CC(C)(C)NC(C)(C)C4)nn3)c(O)c2)n1. The van der Waals surface area contributed by atoms with Gasteiger partial charge in [0.25, 0.3) is 0 Å². The molecule has 0 atom stereocenters. The predicted molar refractivity (Wildman–Crippen MR) is 119 cm³/mol. The summed E-state index contributed by atoms with van der Waals surface area (Å²) in [6.45, 7) is 10.7. The van der Waals surface area contributed by atoms with Crippen molar-refractivity contribution < 1.29 is 5.11 Å². The van der Waals surface area contributed by atoms with Crippen molar-refractivity contribution in [1.82, 2.24) is 35.3 Å². The third-order valence-electron chi connectivity index (χ3n) is 5.71. The molecule has 4 rings (SSSR count). The van der Waals surface area contributed by atoms with Crippen molar-refractivity contribution in [3.05, 3.63) is 36.5 Å². The van der Waals surface area contributed by atoms with E-state index in [4.69, 9.17) is 0 Å². The molecule has 3 aromatic rings. The summed E-state index contributed by atoms with van der Waals surface area (Å²) in [6, 6.07) is 5.57. The van der Waals surface area contributed by atoms with E-state index in [2.05, 4.69) is 63.2 Å². The molecule has 0 spiro atoms. The van der Waals surface area contributed by atoms with Crippen LogP contribution in [0, 0.1) is 6.92 Å². The van der Waals surface area contributed by atoms with E-state index in [1.807, 2.05) is 20.0 Å². The van der Waals surface area contributed by atoms with E-state index in [9.17, 15) is 5.11 Å². The number of nitrogens with one attached hydrogen (secondary N) is 1. The third kappa shape index (κ3) is 4.51. The quantitative estimate of drug-likeness (QED) is 0.661. The van der Waals surface area contributed by atoms with Crippen LogP contribution < -0.4 is 10.2 Å². The zero-order valence-electron chi connectivity index (χ0n) is 19.0. The Morgan fingerprint density at radius 2 is 1.81 bits per heavy atom. The number of anilines is 1. The molecule has 1 aliphatic rings. The number of aromatic hydroxyl groups is 1. The molecule has 3 heterocycles. The van der Waals surface area contributed by atoms with Crippen LogP contribution in [0.25, 0.3) is 16.9 Å². The zero-order chi connectivity index (χ0) is 22.4. The lowest BCUT2D eigenvalue weighted by atomic mass is 9.79. The minimum absolute atomic E-state index is 0.0320. The number of hydrogen-bond donors (Lipinski definition) is 2. The number of benzene rings is 1. The lowest BCUT2D eigenvalue weighted by molar-refractivity contribution is 0.160. The summed E-state index contributed by atoms with van der Waals surface area (Å²) in [4.78, 5) is 10.8. The van der Waals surface area contributed by atoms with Crippen LogP contribution in [-0.4, -0.2) is 59.2 Å². The van der Waals surface area contributed by atoms with Gasteiger partial charge in [-0.05, 0) is 59.6 Å². The molecule has 0 radical (unpaired) electrons. The molecule has 0 saturated carbocycles. The number of nitrogens with zero attached hydrogens (tertiary/aromatic N) is 7. The Morgan fingerprint density at radius 3 is 2.35 bits per heavy atom. The summed E-state index contributed by atoms with van der Waals surface area (Å²) >= 11 is 0. The average Bonchev–Trinajstić information content (AvgIpc) is 3.11. The molecule has 31 heavy (non-hydrogen) atoms. The van der Waals surface area contributed by atoms with Crippen molar-refractivity contribution in [2.24, 2.45) is 0 Å². The van der Waals surface area contributed by atoms with Gasteiger partial charge < -0.3 is 15.3 Å². The number of aryl methyl sites for hydroxylation is 1. The average molecular weight is 423 g/mol. The summed E-state index contributed by atoms with van der Waals surface area (Å²) < 4.78 is 1.61. The highest BCUT2D eigenvalue weighted by Crippen LogP contribution is 2.33. The molecular formula is C22H30N8O. The van der Waals surface area contributed by atoms with Gasteiger partial charge in [-0.2, -0.15) is 5.10 Å². The van der Waals surface area contributed by atoms with Gasteiger partial charge in [0, 0.05) is 35.8 Å². The summed E-state index contributed by atoms with van der Waals surface area (Å²) in [7, 11) is 2.02. The molecule has 0 amide bonds. The second kappa shape index (κ2) is 7.56. The molecule has 164 valence electrons. The Hall–Kier alpha value is -3.07. The van der Waals surface area contributed by atoms with E-state index in [0.29, 0.717) is 29.1 Å². The minimum atomic E-state index is 0.0320. The maximum Gasteiger partial charge on any atom is 0.245 e. The van der Waals surface area contributed by atoms with Crippen LogP contribution in [0.5, 0.6) is 5.75 Å². The van der Waals surface area contributed by atoms with Gasteiger partial charge in [0.2, 0.25) is 5.95 Å². The molecule has 0 unspecified atom stereocenters. The summed E-state index contributed by atoms with van der Waals surface area (Å²) in [6.07, 6.45) is 5.24. The first kappa shape index (κ1) is 21.2. The Morgan fingerprint density at radius 1 is 1.10 bits per heavy atom. The van der Waals surface area contributed by atoms with Crippen LogP contribution in [-0.2, 0) is 0 Å². The number of hydrogen-bond acceptors (Lipinski definition) is 8. The second-order valence-corrected chi connectivity index (χ2v) is 9.65. The van der Waals surface area contributed by atoms with Crippen LogP contribution in [0.2, 0.25) is 0 Å². The van der Waals surface area contributed by atoms with Gasteiger partial charge in [-0.1, -0.05) is 0 Å². The molecule has 2 N–H and O–H groups in total. The Bertz CT molecular complexity index is 1060. The second-order valence-electron chi connectivity index (χ2n) is 9.65. The summed E-state index contributed by atoms with van der Waals surface area (Å²) in [5.74, 6) is 1.33. The Labute approximate surface area is 182 Å². The van der Waals surface area contributed by atoms with Gasteiger partial charge in [0.15, 0.2) is 0 Å². The lowest BCUT2D eigenvalue weighted by Gasteiger charge is -2.48. The maximum atomic E-state index is 10.5. The van der Waals surface area contributed by atoms with Gasteiger partial charge >= 0.3 is 0 Å².